The Bertz CT molecular complexity index is 2880. The van der Waals surface area contributed by atoms with Gasteiger partial charge in [-0.25, -0.2) is 4.98 Å². The number of para-hydroxylation sites is 1. The van der Waals surface area contributed by atoms with E-state index in [1.54, 1.807) is 0 Å². The number of fused-ring (bicyclic) bond motifs is 1. The van der Waals surface area contributed by atoms with Crippen LogP contribution in [0.25, 0.3) is 72.7 Å². The zero-order chi connectivity index (χ0) is 42.7. The number of aromatic nitrogens is 3. The van der Waals surface area contributed by atoms with Gasteiger partial charge in [-0.2, -0.15) is 0 Å². The topological polar surface area (TPSA) is 50.9 Å². The quantitative estimate of drug-likeness (QED) is 0.169. The Morgan fingerprint density at radius 1 is 0.541 bits per heavy atom. The van der Waals surface area contributed by atoms with Crippen molar-refractivity contribution in [3.63, 3.8) is 0 Å². The number of hydrogen-bond acceptors (Lipinski definition) is 3. The van der Waals surface area contributed by atoms with E-state index in [1.165, 1.54) is 16.7 Å². The summed E-state index contributed by atoms with van der Waals surface area (Å²) in [4.78, 5) is 10.5. The Morgan fingerprint density at radius 2 is 1.18 bits per heavy atom. The smallest absolute Gasteiger partial charge is 0.148 e. The third-order valence-corrected chi connectivity index (χ3v) is 11.7. The maximum absolute atomic E-state index is 12.0. The van der Waals surface area contributed by atoms with Gasteiger partial charge in [-0.15, -0.1) is 29.3 Å². The molecule has 0 saturated carbocycles. The number of nitrogens with zero attached hydrogens (tertiary/aromatic N) is 3. The molecule has 0 spiro atoms. The van der Waals surface area contributed by atoms with E-state index in [9.17, 15) is 5.11 Å². The summed E-state index contributed by atoms with van der Waals surface area (Å²) < 4.78 is 2.26. The molecule has 0 radical (unpaired) electrons. The molecule has 1 N–H and O–H groups in total. The first-order chi connectivity index (χ1) is 28.4. The first-order valence-corrected chi connectivity index (χ1v) is 21.0. The molecule has 8 rings (SSSR count). The van der Waals surface area contributed by atoms with E-state index in [-0.39, 0.29) is 43.1 Å². The van der Waals surface area contributed by atoms with E-state index in [0.717, 1.165) is 72.5 Å². The van der Waals surface area contributed by atoms with Crippen LogP contribution in [0.2, 0.25) is 0 Å². The second-order valence-corrected chi connectivity index (χ2v) is 19.5. The molecule has 0 aliphatic rings. The van der Waals surface area contributed by atoms with Crippen molar-refractivity contribution in [2.24, 2.45) is 0 Å². The molecule has 0 aliphatic carbocycles. The zero-order valence-electron chi connectivity index (χ0n) is 37.3. The predicted molar refractivity (Wildman–Crippen MR) is 252 cm³/mol. The van der Waals surface area contributed by atoms with Crippen LogP contribution in [0.15, 0.2) is 134 Å². The number of pyridine rings is 1. The van der Waals surface area contributed by atoms with Gasteiger partial charge in [0.1, 0.15) is 11.6 Å². The van der Waals surface area contributed by atoms with Gasteiger partial charge in [-0.1, -0.05) is 164 Å². The number of imidazole rings is 1. The van der Waals surface area contributed by atoms with E-state index < -0.39 is 0 Å². The van der Waals surface area contributed by atoms with E-state index in [2.05, 4.69) is 207 Å². The molecule has 0 amide bonds. The summed E-state index contributed by atoms with van der Waals surface area (Å²) in [7, 11) is 0. The van der Waals surface area contributed by atoms with Crippen LogP contribution < -0.4 is 0 Å². The predicted octanol–water partition coefficient (Wildman–Crippen LogP) is 14.8. The van der Waals surface area contributed by atoms with Crippen molar-refractivity contribution in [2.45, 2.75) is 92.4 Å². The van der Waals surface area contributed by atoms with Crippen LogP contribution in [-0.4, -0.2) is 19.6 Å². The number of rotatable bonds is 6. The van der Waals surface area contributed by atoms with Crippen LogP contribution in [0.3, 0.4) is 0 Å². The monoisotopic (exact) mass is 981 g/mol. The minimum Gasteiger partial charge on any atom is -0.507 e. The van der Waals surface area contributed by atoms with E-state index in [1.807, 2.05) is 13.1 Å². The molecular weight excluding hydrogens is 926 g/mol. The molecule has 0 bridgehead atoms. The largest absolute Gasteiger partial charge is 0.507 e. The fraction of sp³-hybridized carbons (Fsp3) is 0.250. The molecule has 61 heavy (non-hydrogen) atoms. The maximum Gasteiger partial charge on any atom is 0.148 e. The second-order valence-electron chi connectivity index (χ2n) is 19.5. The summed E-state index contributed by atoms with van der Waals surface area (Å²) in [5, 5.41) is 12.0. The molecule has 0 atom stereocenters. The van der Waals surface area contributed by atoms with Gasteiger partial charge in [0, 0.05) is 38.5 Å². The van der Waals surface area contributed by atoms with Crippen LogP contribution >= 0.6 is 0 Å². The number of phenols is 1. The third-order valence-electron chi connectivity index (χ3n) is 11.7. The van der Waals surface area contributed by atoms with Crippen molar-refractivity contribution < 1.29 is 26.2 Å². The van der Waals surface area contributed by atoms with Crippen LogP contribution in [0.1, 0.15) is 90.1 Å². The summed E-state index contributed by atoms with van der Waals surface area (Å²) in [6, 6.07) is 49.2. The molecule has 0 aliphatic heterocycles. The van der Waals surface area contributed by atoms with Gasteiger partial charge in [-0.05, 0) is 93.8 Å². The average molecular weight is 982 g/mol. The fourth-order valence-corrected chi connectivity index (χ4v) is 7.96. The standard InChI is InChI=1S/C56H56N3O.Pt/c1-35-20-22-37(23-21-35)39-26-27-57-48(32-39)41-29-40(30-44(31-41)56(9,10)11)45-18-15-19-50-51(45)58-53(47-34-43(55(6,7)8)28-36(2)52(47)60)59(50)49-25-24-42(54(3,4)5)33-46(49)38-16-13-12-14-17-38;/h12-28,30-34,60H,1-11H3;/q-1;. The van der Waals surface area contributed by atoms with E-state index >= 15 is 0 Å². The molecule has 4 nitrogen and oxygen atoms in total. The summed E-state index contributed by atoms with van der Waals surface area (Å²) in [6.07, 6.45) is 1.89. The van der Waals surface area contributed by atoms with Crippen molar-refractivity contribution in [2.75, 3.05) is 0 Å². The Morgan fingerprint density at radius 3 is 1.85 bits per heavy atom. The molecule has 0 fully saturated rings. The van der Waals surface area contributed by atoms with Crippen molar-refractivity contribution >= 4 is 11.0 Å². The minimum atomic E-state index is -0.151. The van der Waals surface area contributed by atoms with E-state index in [0.29, 0.717) is 11.4 Å². The van der Waals surface area contributed by atoms with Crippen molar-refractivity contribution in [1.29, 1.82) is 0 Å². The van der Waals surface area contributed by atoms with Crippen LogP contribution in [0, 0.1) is 19.9 Å². The number of phenolic OH excluding ortho intramolecular Hbond substituents is 1. The average Bonchev–Trinajstić information content (AvgIpc) is 3.60. The van der Waals surface area contributed by atoms with Gasteiger partial charge in [-0.3, -0.25) is 9.55 Å². The van der Waals surface area contributed by atoms with Crippen LogP contribution in [0.5, 0.6) is 5.75 Å². The maximum atomic E-state index is 12.0. The SMILES string of the molecule is Cc1ccc(-c2ccnc(-c3[c-]c(-c4cccc5c4nc(-c4cc(C(C)(C)C)cc(C)c4O)n5-c4ccc(C(C)(C)C)cc4-c4ccccc4)cc(C(C)(C)C)c3)c2)cc1.[Pt]. The number of aromatic hydroxyl groups is 1. The number of hydrogen-bond donors (Lipinski definition) is 1. The summed E-state index contributed by atoms with van der Waals surface area (Å²) in [6.45, 7) is 24.2. The third kappa shape index (κ3) is 8.66. The molecule has 0 saturated heterocycles. The summed E-state index contributed by atoms with van der Waals surface area (Å²) >= 11 is 0. The first kappa shape index (κ1) is 43.5. The van der Waals surface area contributed by atoms with Gasteiger partial charge in [0.05, 0.1) is 22.3 Å². The number of benzene rings is 6. The van der Waals surface area contributed by atoms with Gasteiger partial charge in [0.15, 0.2) is 0 Å². The van der Waals surface area contributed by atoms with Crippen molar-refractivity contribution in [3.8, 4) is 67.5 Å². The fourth-order valence-electron chi connectivity index (χ4n) is 7.96. The molecular formula is C56H56N3OPt-. The molecule has 312 valence electrons. The minimum absolute atomic E-state index is 0. The first-order valence-electron chi connectivity index (χ1n) is 21.0. The molecule has 2 aromatic heterocycles. The van der Waals surface area contributed by atoms with Gasteiger partial charge >= 0.3 is 0 Å². The Labute approximate surface area is 377 Å². The normalized spacial score (nSPS) is 12.1. The molecule has 6 aromatic carbocycles. The Kier molecular flexibility index (Phi) is 11.7. The van der Waals surface area contributed by atoms with Crippen LogP contribution in [0.4, 0.5) is 0 Å². The molecule has 8 aromatic rings. The summed E-state index contributed by atoms with van der Waals surface area (Å²) in [5.74, 6) is 0.918. The van der Waals surface area contributed by atoms with E-state index in [4.69, 9.17) is 9.97 Å². The van der Waals surface area contributed by atoms with Crippen molar-refractivity contribution in [1.82, 2.24) is 14.5 Å². The summed E-state index contributed by atoms with van der Waals surface area (Å²) in [5.41, 5.74) is 16.9. The number of aryl methyl sites for hydroxylation is 2. The Balaban J connectivity index is 0.00000561. The van der Waals surface area contributed by atoms with Crippen LogP contribution in [-0.2, 0) is 37.3 Å². The zero-order valence-corrected chi connectivity index (χ0v) is 39.6. The van der Waals surface area contributed by atoms with Gasteiger partial charge in [0.2, 0.25) is 0 Å². The molecule has 2 heterocycles. The molecule has 0 unspecified atom stereocenters. The van der Waals surface area contributed by atoms with Crippen molar-refractivity contribution in [3.05, 3.63) is 167 Å². The van der Waals surface area contributed by atoms with Gasteiger partial charge in [0.25, 0.3) is 0 Å². The molecule has 5 heteroatoms. The second kappa shape index (κ2) is 16.4. The Hall–Kier alpha value is -5.57. The van der Waals surface area contributed by atoms with Gasteiger partial charge < -0.3 is 5.11 Å².